The number of amides is 1. The molecule has 20 heavy (non-hydrogen) atoms. The number of carboxylic acid groups (broad SMARTS) is 1. The second kappa shape index (κ2) is 6.59. The normalized spacial score (nSPS) is 19.6. The molecule has 0 aliphatic carbocycles. The number of likely N-dealkylation sites (tertiary alicyclic amines) is 1. The summed E-state index contributed by atoms with van der Waals surface area (Å²) in [7, 11) is 0. The maximum atomic E-state index is 12.7. The Balaban J connectivity index is 2.24. The third kappa shape index (κ3) is 3.03. The third-order valence-electron chi connectivity index (χ3n) is 3.81. The van der Waals surface area contributed by atoms with Crippen LogP contribution < -0.4 is 0 Å². The Morgan fingerprint density at radius 3 is 2.85 bits per heavy atom. The highest BCUT2D eigenvalue weighted by Gasteiger charge is 2.32. The largest absolute Gasteiger partial charge is 0.480 e. The summed E-state index contributed by atoms with van der Waals surface area (Å²) in [6.45, 7) is 3.37. The number of rotatable bonds is 4. The maximum absolute atomic E-state index is 12.7. The van der Waals surface area contributed by atoms with E-state index in [1.165, 1.54) is 4.90 Å². The molecule has 1 atom stereocenters. The standard InChI is InChI=1S/C15H22N2O3/c1-2-9-16-10-6-8-12(16)14(18)17-11-5-3-4-7-13(17)15(19)20/h6,8,10,13H,2-5,7,9,11H2,1H3,(H,19,20). The molecule has 0 bridgehead atoms. The van der Waals surface area contributed by atoms with Crippen LogP contribution in [0.3, 0.4) is 0 Å². The van der Waals surface area contributed by atoms with Crippen molar-refractivity contribution in [1.29, 1.82) is 0 Å². The van der Waals surface area contributed by atoms with Crippen molar-refractivity contribution in [3.05, 3.63) is 24.0 Å². The second-order valence-corrected chi connectivity index (χ2v) is 5.29. The van der Waals surface area contributed by atoms with Gasteiger partial charge in [0.2, 0.25) is 0 Å². The first kappa shape index (κ1) is 14.6. The molecule has 0 radical (unpaired) electrons. The Kier molecular flexibility index (Phi) is 4.82. The van der Waals surface area contributed by atoms with E-state index in [4.69, 9.17) is 0 Å². The number of hydrogen-bond acceptors (Lipinski definition) is 2. The van der Waals surface area contributed by atoms with Crippen molar-refractivity contribution in [1.82, 2.24) is 9.47 Å². The molecule has 1 N–H and O–H groups in total. The quantitative estimate of drug-likeness (QED) is 0.919. The van der Waals surface area contributed by atoms with E-state index < -0.39 is 12.0 Å². The van der Waals surface area contributed by atoms with Crippen molar-refractivity contribution in [2.24, 2.45) is 0 Å². The van der Waals surface area contributed by atoms with Gasteiger partial charge in [-0.05, 0) is 31.4 Å². The lowest BCUT2D eigenvalue weighted by atomic mass is 10.1. The van der Waals surface area contributed by atoms with E-state index >= 15 is 0 Å². The minimum absolute atomic E-state index is 0.155. The third-order valence-corrected chi connectivity index (χ3v) is 3.81. The van der Waals surface area contributed by atoms with Crippen molar-refractivity contribution >= 4 is 11.9 Å². The number of aromatic nitrogens is 1. The van der Waals surface area contributed by atoms with E-state index in [0.717, 1.165) is 32.2 Å². The van der Waals surface area contributed by atoms with Gasteiger partial charge in [-0.2, -0.15) is 0 Å². The second-order valence-electron chi connectivity index (χ2n) is 5.29. The summed E-state index contributed by atoms with van der Waals surface area (Å²) < 4.78 is 1.91. The minimum Gasteiger partial charge on any atom is -0.480 e. The molecule has 2 heterocycles. The number of carboxylic acids is 1. The van der Waals surface area contributed by atoms with Crippen LogP contribution in [0.2, 0.25) is 0 Å². The summed E-state index contributed by atoms with van der Waals surface area (Å²) in [5.41, 5.74) is 0.597. The fourth-order valence-electron chi connectivity index (χ4n) is 2.80. The van der Waals surface area contributed by atoms with Gasteiger partial charge in [0.25, 0.3) is 5.91 Å². The zero-order chi connectivity index (χ0) is 14.5. The topological polar surface area (TPSA) is 62.5 Å². The molecule has 110 valence electrons. The molecule has 2 rings (SSSR count). The van der Waals surface area contributed by atoms with Gasteiger partial charge in [-0.15, -0.1) is 0 Å². The molecule has 0 aromatic carbocycles. The van der Waals surface area contributed by atoms with E-state index in [1.807, 2.05) is 16.8 Å². The predicted octanol–water partition coefficient (Wildman–Crippen LogP) is 2.37. The maximum Gasteiger partial charge on any atom is 0.326 e. The van der Waals surface area contributed by atoms with Crippen LogP contribution in [0, 0.1) is 0 Å². The van der Waals surface area contributed by atoms with Gasteiger partial charge in [0.15, 0.2) is 0 Å². The summed E-state index contributed by atoms with van der Waals surface area (Å²) in [5.74, 6) is -1.05. The first-order valence-electron chi connectivity index (χ1n) is 7.34. The number of carbonyl (C=O) groups is 2. The molecule has 0 saturated carbocycles. The van der Waals surface area contributed by atoms with Crippen molar-refractivity contribution in [3.63, 3.8) is 0 Å². The number of carbonyl (C=O) groups excluding carboxylic acids is 1. The van der Waals surface area contributed by atoms with Gasteiger partial charge in [-0.25, -0.2) is 4.79 Å². The van der Waals surface area contributed by atoms with Gasteiger partial charge in [-0.3, -0.25) is 4.79 Å². The first-order chi connectivity index (χ1) is 9.65. The average Bonchev–Trinajstić information content (AvgIpc) is 2.73. The summed E-state index contributed by atoms with van der Waals surface area (Å²) in [5, 5.41) is 9.35. The number of aryl methyl sites for hydroxylation is 1. The van der Waals surface area contributed by atoms with Gasteiger partial charge in [-0.1, -0.05) is 19.8 Å². The van der Waals surface area contributed by atoms with Crippen LogP contribution in [0.4, 0.5) is 0 Å². The van der Waals surface area contributed by atoms with Crippen LogP contribution in [0.5, 0.6) is 0 Å². The summed E-state index contributed by atoms with van der Waals surface area (Å²) in [6.07, 6.45) is 6.11. The number of nitrogens with zero attached hydrogens (tertiary/aromatic N) is 2. The lowest BCUT2D eigenvalue weighted by Crippen LogP contribution is -2.45. The van der Waals surface area contributed by atoms with E-state index in [1.54, 1.807) is 6.07 Å². The van der Waals surface area contributed by atoms with Crippen LogP contribution in [0.25, 0.3) is 0 Å². The average molecular weight is 278 g/mol. The number of hydrogen-bond donors (Lipinski definition) is 1. The SMILES string of the molecule is CCCn1cccc1C(=O)N1CCCCCC1C(=O)O. The Bertz CT molecular complexity index is 481. The highest BCUT2D eigenvalue weighted by Crippen LogP contribution is 2.20. The van der Waals surface area contributed by atoms with Crippen LogP contribution >= 0.6 is 0 Å². The number of aliphatic carboxylic acids is 1. The Labute approximate surface area is 119 Å². The summed E-state index contributed by atoms with van der Waals surface area (Å²) in [4.78, 5) is 25.6. The fraction of sp³-hybridized carbons (Fsp3) is 0.600. The molecule has 1 aliphatic heterocycles. The van der Waals surface area contributed by atoms with Crippen molar-refractivity contribution in [2.75, 3.05) is 6.54 Å². The molecule has 1 amide bonds. The van der Waals surface area contributed by atoms with E-state index in [-0.39, 0.29) is 5.91 Å². The highest BCUT2D eigenvalue weighted by atomic mass is 16.4. The van der Waals surface area contributed by atoms with Gasteiger partial charge in [0, 0.05) is 19.3 Å². The molecule has 0 spiro atoms. The van der Waals surface area contributed by atoms with Crippen LogP contribution in [-0.2, 0) is 11.3 Å². The van der Waals surface area contributed by atoms with Gasteiger partial charge < -0.3 is 14.6 Å². The Morgan fingerprint density at radius 1 is 1.35 bits per heavy atom. The molecule has 1 fully saturated rings. The minimum atomic E-state index is -0.895. The van der Waals surface area contributed by atoms with Gasteiger partial charge in [0.1, 0.15) is 11.7 Å². The summed E-state index contributed by atoms with van der Waals surface area (Å²) in [6, 6.07) is 2.94. The molecule has 1 saturated heterocycles. The van der Waals surface area contributed by atoms with Gasteiger partial charge in [0.05, 0.1) is 0 Å². The highest BCUT2D eigenvalue weighted by molar-refractivity contribution is 5.95. The Hall–Kier alpha value is -1.78. The van der Waals surface area contributed by atoms with Crippen molar-refractivity contribution in [3.8, 4) is 0 Å². The van der Waals surface area contributed by atoms with Crippen LogP contribution in [-0.4, -0.2) is 39.0 Å². The zero-order valence-corrected chi connectivity index (χ0v) is 11.9. The molecule has 1 aromatic heterocycles. The van der Waals surface area contributed by atoms with Crippen molar-refractivity contribution in [2.45, 2.75) is 51.6 Å². The van der Waals surface area contributed by atoms with Crippen LogP contribution in [0.1, 0.15) is 49.5 Å². The monoisotopic (exact) mass is 278 g/mol. The van der Waals surface area contributed by atoms with E-state index in [2.05, 4.69) is 6.92 Å². The van der Waals surface area contributed by atoms with Gasteiger partial charge >= 0.3 is 5.97 Å². The molecule has 5 heteroatoms. The van der Waals surface area contributed by atoms with Crippen LogP contribution in [0.15, 0.2) is 18.3 Å². The lowest BCUT2D eigenvalue weighted by Gasteiger charge is -2.27. The first-order valence-corrected chi connectivity index (χ1v) is 7.34. The lowest BCUT2D eigenvalue weighted by molar-refractivity contribution is -0.142. The molecular formula is C15H22N2O3. The molecule has 5 nitrogen and oxygen atoms in total. The zero-order valence-electron chi connectivity index (χ0n) is 11.9. The predicted molar refractivity (Wildman–Crippen MR) is 75.7 cm³/mol. The van der Waals surface area contributed by atoms with E-state index in [9.17, 15) is 14.7 Å². The molecular weight excluding hydrogens is 256 g/mol. The smallest absolute Gasteiger partial charge is 0.326 e. The molecule has 1 unspecified atom stereocenters. The molecule has 1 aliphatic rings. The van der Waals surface area contributed by atoms with E-state index in [0.29, 0.717) is 18.7 Å². The van der Waals surface area contributed by atoms with Crippen molar-refractivity contribution < 1.29 is 14.7 Å². The molecule has 1 aromatic rings. The Morgan fingerprint density at radius 2 is 2.15 bits per heavy atom. The summed E-state index contributed by atoms with van der Waals surface area (Å²) >= 11 is 0. The fourth-order valence-corrected chi connectivity index (χ4v) is 2.80.